The molecule has 0 amide bonds. The molecule has 0 radical (unpaired) electrons. The highest BCUT2D eigenvalue weighted by atomic mass is 19.4. The van der Waals surface area contributed by atoms with E-state index >= 15 is 0 Å². The number of ether oxygens (including phenoxy) is 1. The molecule has 0 heterocycles. The lowest BCUT2D eigenvalue weighted by atomic mass is 10.1. The number of hydrogen-bond acceptors (Lipinski definition) is 2. The standard InChI is InChI=1S/C11H13F3O2/c1-7-3-9(5-15)4-8(2)10(7)16-6-11(12,13)14/h3-4,15H,5-6H2,1-2H3. The first-order valence-corrected chi connectivity index (χ1v) is 4.74. The summed E-state index contributed by atoms with van der Waals surface area (Å²) < 4.78 is 40.7. The quantitative estimate of drug-likeness (QED) is 0.871. The van der Waals surface area contributed by atoms with Gasteiger partial charge >= 0.3 is 6.18 Å². The molecule has 90 valence electrons. The fourth-order valence-corrected chi connectivity index (χ4v) is 1.51. The minimum Gasteiger partial charge on any atom is -0.484 e. The van der Waals surface area contributed by atoms with Gasteiger partial charge < -0.3 is 9.84 Å². The SMILES string of the molecule is Cc1cc(CO)cc(C)c1OCC(F)(F)F. The zero-order valence-corrected chi connectivity index (χ0v) is 9.06. The first kappa shape index (κ1) is 12.8. The molecule has 5 heteroatoms. The summed E-state index contributed by atoms with van der Waals surface area (Å²) in [5.41, 5.74) is 1.84. The average Bonchev–Trinajstić information content (AvgIpc) is 2.14. The van der Waals surface area contributed by atoms with Crippen LogP contribution in [0.15, 0.2) is 12.1 Å². The van der Waals surface area contributed by atoms with E-state index in [0.29, 0.717) is 16.7 Å². The van der Waals surface area contributed by atoms with Crippen LogP contribution in [-0.4, -0.2) is 17.9 Å². The van der Waals surface area contributed by atoms with Crippen molar-refractivity contribution in [2.24, 2.45) is 0 Å². The summed E-state index contributed by atoms with van der Waals surface area (Å²) in [5.74, 6) is 0.231. The zero-order chi connectivity index (χ0) is 12.3. The molecule has 0 saturated heterocycles. The summed E-state index contributed by atoms with van der Waals surface area (Å²) in [5, 5.41) is 8.92. The molecular formula is C11H13F3O2. The Hall–Kier alpha value is -1.23. The summed E-state index contributed by atoms with van der Waals surface area (Å²) in [6.07, 6.45) is -4.34. The van der Waals surface area contributed by atoms with Gasteiger partial charge in [-0.1, -0.05) is 12.1 Å². The fourth-order valence-electron chi connectivity index (χ4n) is 1.51. The first-order valence-electron chi connectivity index (χ1n) is 4.74. The van der Waals surface area contributed by atoms with Gasteiger partial charge in [0.15, 0.2) is 6.61 Å². The second kappa shape index (κ2) is 4.74. The van der Waals surface area contributed by atoms with Crippen molar-refractivity contribution in [2.75, 3.05) is 6.61 Å². The van der Waals surface area contributed by atoms with Crippen LogP contribution in [0.2, 0.25) is 0 Å². The Kier molecular flexibility index (Phi) is 3.80. The minimum absolute atomic E-state index is 0.138. The number of benzene rings is 1. The van der Waals surface area contributed by atoms with Crippen LogP contribution in [0, 0.1) is 13.8 Å². The maximum atomic E-state index is 12.0. The zero-order valence-electron chi connectivity index (χ0n) is 9.06. The van der Waals surface area contributed by atoms with E-state index in [9.17, 15) is 13.2 Å². The van der Waals surface area contributed by atoms with Crippen LogP contribution in [0.25, 0.3) is 0 Å². The molecule has 0 bridgehead atoms. The van der Waals surface area contributed by atoms with Crippen molar-refractivity contribution in [2.45, 2.75) is 26.6 Å². The van der Waals surface area contributed by atoms with Crippen LogP contribution in [0.4, 0.5) is 13.2 Å². The van der Waals surface area contributed by atoms with E-state index in [1.807, 2.05) is 0 Å². The van der Waals surface area contributed by atoms with E-state index in [0.717, 1.165) is 0 Å². The Bertz CT molecular complexity index is 349. The summed E-state index contributed by atoms with van der Waals surface area (Å²) >= 11 is 0. The highest BCUT2D eigenvalue weighted by Crippen LogP contribution is 2.27. The molecule has 1 aromatic carbocycles. The molecule has 0 fully saturated rings. The summed E-state index contributed by atoms with van der Waals surface area (Å²) in [6, 6.07) is 3.22. The lowest BCUT2D eigenvalue weighted by Crippen LogP contribution is -2.20. The molecule has 1 N–H and O–H groups in total. The summed E-state index contributed by atoms with van der Waals surface area (Å²) in [4.78, 5) is 0. The molecule has 0 saturated carbocycles. The first-order chi connectivity index (χ1) is 7.33. The Balaban J connectivity index is 2.88. The third-order valence-electron chi connectivity index (χ3n) is 2.08. The van der Waals surface area contributed by atoms with E-state index in [4.69, 9.17) is 9.84 Å². The molecule has 0 aromatic heterocycles. The van der Waals surface area contributed by atoms with Crippen molar-refractivity contribution in [1.82, 2.24) is 0 Å². The van der Waals surface area contributed by atoms with E-state index < -0.39 is 12.8 Å². The van der Waals surface area contributed by atoms with Gasteiger partial charge in [-0.2, -0.15) is 13.2 Å². The maximum Gasteiger partial charge on any atom is 0.422 e. The second-order valence-corrected chi connectivity index (χ2v) is 3.62. The lowest BCUT2D eigenvalue weighted by Gasteiger charge is -2.14. The van der Waals surface area contributed by atoms with Crippen LogP contribution in [0.5, 0.6) is 5.75 Å². The van der Waals surface area contributed by atoms with Crippen LogP contribution >= 0.6 is 0 Å². The van der Waals surface area contributed by atoms with Crippen molar-refractivity contribution in [1.29, 1.82) is 0 Å². The van der Waals surface area contributed by atoms with Crippen LogP contribution in [-0.2, 0) is 6.61 Å². The monoisotopic (exact) mass is 234 g/mol. The molecule has 2 nitrogen and oxygen atoms in total. The molecule has 0 spiro atoms. The normalized spacial score (nSPS) is 11.6. The van der Waals surface area contributed by atoms with Gasteiger partial charge in [-0.15, -0.1) is 0 Å². The minimum atomic E-state index is -4.34. The molecule has 1 rings (SSSR count). The number of halogens is 3. The number of rotatable bonds is 3. The van der Waals surface area contributed by atoms with Crippen molar-refractivity contribution < 1.29 is 23.0 Å². The van der Waals surface area contributed by atoms with Gasteiger partial charge in [-0.3, -0.25) is 0 Å². The molecule has 0 unspecified atom stereocenters. The van der Waals surface area contributed by atoms with Gasteiger partial charge in [0.05, 0.1) is 6.61 Å². The highest BCUT2D eigenvalue weighted by molar-refractivity contribution is 5.43. The van der Waals surface area contributed by atoms with Crippen molar-refractivity contribution in [3.05, 3.63) is 28.8 Å². The summed E-state index contributed by atoms with van der Waals surface area (Å²) in [6.45, 7) is 1.87. The van der Waals surface area contributed by atoms with Gasteiger partial charge in [0.2, 0.25) is 0 Å². The van der Waals surface area contributed by atoms with E-state index in [1.165, 1.54) is 0 Å². The van der Waals surface area contributed by atoms with E-state index in [1.54, 1.807) is 26.0 Å². The Morgan fingerprint density at radius 2 is 1.69 bits per heavy atom. The average molecular weight is 234 g/mol. The molecular weight excluding hydrogens is 221 g/mol. The molecule has 0 aliphatic carbocycles. The van der Waals surface area contributed by atoms with Gasteiger partial charge in [-0.05, 0) is 30.5 Å². The summed E-state index contributed by atoms with van der Waals surface area (Å²) in [7, 11) is 0. The maximum absolute atomic E-state index is 12.0. The molecule has 0 aliphatic heterocycles. The van der Waals surface area contributed by atoms with Gasteiger partial charge in [0.1, 0.15) is 5.75 Å². The Morgan fingerprint density at radius 1 is 1.19 bits per heavy atom. The van der Waals surface area contributed by atoms with Crippen molar-refractivity contribution in [3.63, 3.8) is 0 Å². The second-order valence-electron chi connectivity index (χ2n) is 3.62. The van der Waals surface area contributed by atoms with Crippen molar-refractivity contribution >= 4 is 0 Å². The number of hydrogen-bond donors (Lipinski definition) is 1. The van der Waals surface area contributed by atoms with Crippen LogP contribution in [0.3, 0.4) is 0 Å². The molecule has 1 aromatic rings. The third kappa shape index (κ3) is 3.41. The Labute approximate surface area is 91.7 Å². The molecule has 0 atom stereocenters. The van der Waals surface area contributed by atoms with Gasteiger partial charge in [0, 0.05) is 0 Å². The fraction of sp³-hybridized carbons (Fsp3) is 0.455. The van der Waals surface area contributed by atoms with Crippen LogP contribution < -0.4 is 4.74 Å². The van der Waals surface area contributed by atoms with Crippen LogP contribution in [0.1, 0.15) is 16.7 Å². The Morgan fingerprint density at radius 3 is 2.06 bits per heavy atom. The van der Waals surface area contributed by atoms with E-state index in [-0.39, 0.29) is 12.4 Å². The number of aliphatic hydroxyl groups is 1. The third-order valence-corrected chi connectivity index (χ3v) is 2.08. The number of aryl methyl sites for hydroxylation is 2. The number of alkyl halides is 3. The number of aliphatic hydroxyl groups excluding tert-OH is 1. The predicted molar refractivity (Wildman–Crippen MR) is 53.4 cm³/mol. The van der Waals surface area contributed by atoms with E-state index in [2.05, 4.69) is 0 Å². The highest BCUT2D eigenvalue weighted by Gasteiger charge is 2.28. The largest absolute Gasteiger partial charge is 0.484 e. The lowest BCUT2D eigenvalue weighted by molar-refractivity contribution is -0.153. The topological polar surface area (TPSA) is 29.5 Å². The smallest absolute Gasteiger partial charge is 0.422 e. The van der Waals surface area contributed by atoms with Gasteiger partial charge in [-0.25, -0.2) is 0 Å². The predicted octanol–water partition coefficient (Wildman–Crippen LogP) is 2.74. The molecule has 0 aliphatic rings. The van der Waals surface area contributed by atoms with Crippen molar-refractivity contribution in [3.8, 4) is 5.75 Å². The molecule has 16 heavy (non-hydrogen) atoms. The van der Waals surface area contributed by atoms with Gasteiger partial charge in [0.25, 0.3) is 0 Å².